The van der Waals surface area contributed by atoms with Gasteiger partial charge in [0, 0.05) is 19.2 Å². The van der Waals surface area contributed by atoms with Crippen LogP contribution in [-0.4, -0.2) is 47.8 Å². The van der Waals surface area contributed by atoms with E-state index in [-0.39, 0.29) is 11.9 Å². The first kappa shape index (κ1) is 18.0. The monoisotopic (exact) mass is 319 g/mol. The summed E-state index contributed by atoms with van der Waals surface area (Å²) in [5.74, 6) is 0.0980. The molecule has 0 spiro atoms. The number of ether oxygens (including phenoxy) is 1. The predicted molar refractivity (Wildman–Crippen MR) is 91.6 cm³/mol. The summed E-state index contributed by atoms with van der Waals surface area (Å²) >= 11 is 0. The summed E-state index contributed by atoms with van der Waals surface area (Å²) in [6.07, 6.45) is 4.77. The van der Waals surface area contributed by atoms with Crippen LogP contribution in [0.1, 0.15) is 55.5 Å². The lowest BCUT2D eigenvalue weighted by atomic mass is 9.97. The molecule has 0 radical (unpaired) electrons. The van der Waals surface area contributed by atoms with Crippen molar-refractivity contribution < 1.29 is 14.6 Å². The molecular weight excluding hydrogens is 290 g/mol. The zero-order valence-electron chi connectivity index (χ0n) is 14.5. The summed E-state index contributed by atoms with van der Waals surface area (Å²) in [4.78, 5) is 14.7. The standard InChI is InChI=1S/C19H29NO3/c1-19(2,22)12-11-15-7-9-16(10-8-15)18(21)20-13-5-4-6-17(20)14-23-3/h7-10,17,22H,4-6,11-14H2,1-3H3/t17-/m0/s1. The molecule has 0 saturated carbocycles. The van der Waals surface area contributed by atoms with E-state index in [4.69, 9.17) is 4.74 Å². The maximum Gasteiger partial charge on any atom is 0.254 e. The van der Waals surface area contributed by atoms with Gasteiger partial charge in [-0.05, 0) is 63.6 Å². The van der Waals surface area contributed by atoms with Crippen LogP contribution < -0.4 is 0 Å². The van der Waals surface area contributed by atoms with Crippen LogP contribution in [-0.2, 0) is 11.2 Å². The number of likely N-dealkylation sites (tertiary alicyclic amines) is 1. The number of carbonyl (C=O) groups excluding carboxylic acids is 1. The Labute approximate surface area is 139 Å². The average Bonchev–Trinajstić information content (AvgIpc) is 2.53. The zero-order valence-corrected chi connectivity index (χ0v) is 14.5. The van der Waals surface area contributed by atoms with Crippen molar-refractivity contribution in [1.82, 2.24) is 4.90 Å². The van der Waals surface area contributed by atoms with Gasteiger partial charge in [0.05, 0.1) is 18.2 Å². The molecule has 1 aliphatic heterocycles. The van der Waals surface area contributed by atoms with Crippen molar-refractivity contribution in [3.63, 3.8) is 0 Å². The molecule has 0 aromatic heterocycles. The maximum atomic E-state index is 12.7. The number of carbonyl (C=O) groups is 1. The summed E-state index contributed by atoms with van der Waals surface area (Å²) in [7, 11) is 1.69. The highest BCUT2D eigenvalue weighted by molar-refractivity contribution is 5.94. The Hall–Kier alpha value is -1.39. The molecular formula is C19H29NO3. The van der Waals surface area contributed by atoms with E-state index in [2.05, 4.69) is 0 Å². The van der Waals surface area contributed by atoms with Crippen LogP contribution >= 0.6 is 0 Å². The summed E-state index contributed by atoms with van der Waals surface area (Å²) in [5.41, 5.74) is 1.23. The number of rotatable bonds is 6. The van der Waals surface area contributed by atoms with Crippen molar-refractivity contribution in [2.75, 3.05) is 20.3 Å². The average molecular weight is 319 g/mol. The number of nitrogens with zero attached hydrogens (tertiary/aromatic N) is 1. The van der Waals surface area contributed by atoms with E-state index in [1.165, 1.54) is 0 Å². The molecule has 1 aromatic carbocycles. The number of benzene rings is 1. The lowest BCUT2D eigenvalue weighted by Crippen LogP contribution is -2.46. The summed E-state index contributed by atoms with van der Waals surface area (Å²) in [6, 6.07) is 7.99. The molecule has 128 valence electrons. The SMILES string of the molecule is COC[C@@H]1CCCCN1C(=O)c1ccc(CCC(C)(C)O)cc1. The van der Waals surface area contributed by atoms with E-state index >= 15 is 0 Å². The van der Waals surface area contributed by atoms with Crippen molar-refractivity contribution in [2.45, 2.75) is 57.6 Å². The quantitative estimate of drug-likeness (QED) is 0.877. The smallest absolute Gasteiger partial charge is 0.254 e. The fourth-order valence-corrected chi connectivity index (χ4v) is 3.06. The molecule has 1 fully saturated rings. The van der Waals surface area contributed by atoms with Crippen molar-refractivity contribution in [2.24, 2.45) is 0 Å². The van der Waals surface area contributed by atoms with Gasteiger partial charge < -0.3 is 14.7 Å². The number of aliphatic hydroxyl groups is 1. The molecule has 1 N–H and O–H groups in total. The van der Waals surface area contributed by atoms with E-state index < -0.39 is 5.60 Å². The lowest BCUT2D eigenvalue weighted by Gasteiger charge is -2.35. The molecule has 1 aliphatic rings. The largest absolute Gasteiger partial charge is 0.390 e. The van der Waals surface area contributed by atoms with Gasteiger partial charge >= 0.3 is 0 Å². The van der Waals surface area contributed by atoms with Crippen molar-refractivity contribution in [1.29, 1.82) is 0 Å². The van der Waals surface area contributed by atoms with Gasteiger partial charge in [-0.15, -0.1) is 0 Å². The molecule has 2 rings (SSSR count). The number of amides is 1. The third kappa shape index (κ3) is 5.33. The Morgan fingerprint density at radius 3 is 2.61 bits per heavy atom. The van der Waals surface area contributed by atoms with E-state index in [9.17, 15) is 9.90 Å². The van der Waals surface area contributed by atoms with Gasteiger partial charge in [-0.1, -0.05) is 12.1 Å². The molecule has 4 nitrogen and oxygen atoms in total. The van der Waals surface area contributed by atoms with Crippen LogP contribution in [0.25, 0.3) is 0 Å². The van der Waals surface area contributed by atoms with Gasteiger partial charge in [0.1, 0.15) is 0 Å². The fourth-order valence-electron chi connectivity index (χ4n) is 3.06. The number of methoxy groups -OCH3 is 1. The lowest BCUT2D eigenvalue weighted by molar-refractivity contribution is 0.0428. The third-order valence-corrected chi connectivity index (χ3v) is 4.47. The zero-order chi connectivity index (χ0) is 16.9. The Balaban J connectivity index is 2.01. The van der Waals surface area contributed by atoms with Crippen LogP contribution in [0.2, 0.25) is 0 Å². The predicted octanol–water partition coefficient (Wildman–Crippen LogP) is 3.03. The van der Waals surface area contributed by atoms with E-state index in [1.54, 1.807) is 7.11 Å². The van der Waals surface area contributed by atoms with Crippen LogP contribution in [0.4, 0.5) is 0 Å². The van der Waals surface area contributed by atoms with Crippen LogP contribution in [0.15, 0.2) is 24.3 Å². The van der Waals surface area contributed by atoms with Crippen LogP contribution in [0, 0.1) is 0 Å². The van der Waals surface area contributed by atoms with Crippen LogP contribution in [0.3, 0.4) is 0 Å². The molecule has 0 aliphatic carbocycles. The maximum absolute atomic E-state index is 12.7. The highest BCUT2D eigenvalue weighted by atomic mass is 16.5. The third-order valence-electron chi connectivity index (χ3n) is 4.47. The second-order valence-electron chi connectivity index (χ2n) is 7.11. The Morgan fingerprint density at radius 2 is 2.00 bits per heavy atom. The number of hydrogen-bond donors (Lipinski definition) is 1. The summed E-state index contributed by atoms with van der Waals surface area (Å²) in [6.45, 7) is 5.05. The van der Waals surface area contributed by atoms with Gasteiger partial charge in [0.15, 0.2) is 0 Å². The van der Waals surface area contributed by atoms with Crippen molar-refractivity contribution in [3.05, 3.63) is 35.4 Å². The first-order chi connectivity index (χ1) is 10.9. The van der Waals surface area contributed by atoms with E-state index in [0.29, 0.717) is 13.0 Å². The van der Waals surface area contributed by atoms with Gasteiger partial charge in [-0.25, -0.2) is 0 Å². The number of piperidine rings is 1. The second-order valence-corrected chi connectivity index (χ2v) is 7.11. The van der Waals surface area contributed by atoms with E-state index in [0.717, 1.165) is 43.4 Å². The first-order valence-electron chi connectivity index (χ1n) is 8.52. The van der Waals surface area contributed by atoms with Gasteiger partial charge in [-0.3, -0.25) is 4.79 Å². The summed E-state index contributed by atoms with van der Waals surface area (Å²) < 4.78 is 5.26. The topological polar surface area (TPSA) is 49.8 Å². The van der Waals surface area contributed by atoms with Gasteiger partial charge in [0.2, 0.25) is 0 Å². The highest BCUT2D eigenvalue weighted by Crippen LogP contribution is 2.21. The van der Waals surface area contributed by atoms with Gasteiger partial charge in [-0.2, -0.15) is 0 Å². The molecule has 1 amide bonds. The minimum absolute atomic E-state index is 0.0980. The molecule has 0 unspecified atom stereocenters. The second kappa shape index (κ2) is 7.93. The minimum atomic E-state index is -0.657. The molecule has 0 bridgehead atoms. The van der Waals surface area contributed by atoms with Crippen LogP contribution in [0.5, 0.6) is 0 Å². The Kier molecular flexibility index (Phi) is 6.19. The molecule has 1 saturated heterocycles. The van der Waals surface area contributed by atoms with Crippen molar-refractivity contribution in [3.8, 4) is 0 Å². The first-order valence-corrected chi connectivity index (χ1v) is 8.52. The number of aryl methyl sites for hydroxylation is 1. The van der Waals surface area contributed by atoms with Crippen molar-refractivity contribution >= 4 is 5.91 Å². The minimum Gasteiger partial charge on any atom is -0.390 e. The molecule has 23 heavy (non-hydrogen) atoms. The molecule has 1 aromatic rings. The van der Waals surface area contributed by atoms with E-state index in [1.807, 2.05) is 43.0 Å². The Morgan fingerprint density at radius 1 is 1.30 bits per heavy atom. The molecule has 1 atom stereocenters. The fraction of sp³-hybridized carbons (Fsp3) is 0.632. The highest BCUT2D eigenvalue weighted by Gasteiger charge is 2.27. The molecule has 1 heterocycles. The molecule has 4 heteroatoms. The Bertz CT molecular complexity index is 502. The van der Waals surface area contributed by atoms with Gasteiger partial charge in [0.25, 0.3) is 5.91 Å². The normalized spacial score (nSPS) is 19.0. The number of hydrogen-bond acceptors (Lipinski definition) is 3. The summed E-state index contributed by atoms with van der Waals surface area (Å²) in [5, 5.41) is 9.80.